The summed E-state index contributed by atoms with van der Waals surface area (Å²) in [5, 5.41) is 0. The van der Waals surface area contributed by atoms with Crippen LogP contribution in [0.15, 0.2) is 29.2 Å². The van der Waals surface area contributed by atoms with Gasteiger partial charge in [0.1, 0.15) is 4.90 Å². The summed E-state index contributed by atoms with van der Waals surface area (Å²) in [5.41, 5.74) is 0.273. The van der Waals surface area contributed by atoms with Gasteiger partial charge in [-0.1, -0.05) is 19.6 Å². The van der Waals surface area contributed by atoms with E-state index in [4.69, 9.17) is 0 Å². The van der Waals surface area contributed by atoms with Crippen LogP contribution in [0.25, 0.3) is 0 Å². The zero-order valence-corrected chi connectivity index (χ0v) is 8.41. The van der Waals surface area contributed by atoms with Crippen molar-refractivity contribution >= 4 is 15.9 Å². The first-order valence-electron chi connectivity index (χ1n) is 4.25. The van der Waals surface area contributed by atoms with E-state index in [1.165, 1.54) is 12.1 Å². The van der Waals surface area contributed by atoms with Gasteiger partial charge in [0, 0.05) is 6.54 Å². The average Bonchev–Trinajstić information content (AvgIpc) is 2.36. The van der Waals surface area contributed by atoms with Crippen LogP contribution in [-0.2, 0) is 10.0 Å². The van der Waals surface area contributed by atoms with Gasteiger partial charge in [-0.25, -0.2) is 12.7 Å². The Hall–Kier alpha value is -1.36. The predicted octanol–water partition coefficient (Wildman–Crippen LogP) is 1.49. The molecular weight excluding hydrogens is 214 g/mol. The Labute approximate surface area is 89.6 Å². The molecular formula is C10H13NO3S. The average molecular weight is 227 g/mol. The molecule has 0 saturated carbocycles. The van der Waals surface area contributed by atoms with Crippen molar-refractivity contribution < 1.29 is 13.2 Å². The number of sulfonamides is 1. The van der Waals surface area contributed by atoms with Gasteiger partial charge in [-0.05, 0) is 19.1 Å². The van der Waals surface area contributed by atoms with Crippen molar-refractivity contribution in [2.45, 2.75) is 19.2 Å². The van der Waals surface area contributed by atoms with Gasteiger partial charge >= 0.3 is 0 Å². The van der Waals surface area contributed by atoms with E-state index in [0.29, 0.717) is 0 Å². The number of nitrogens with zero attached hydrogens (tertiary/aromatic N) is 1. The van der Waals surface area contributed by atoms with Crippen LogP contribution in [0.4, 0.5) is 0 Å². The molecule has 0 N–H and O–H groups in total. The minimum Gasteiger partial charge on any atom is -0.268 e. The summed E-state index contributed by atoms with van der Waals surface area (Å²) < 4.78 is 24.3. The molecule has 0 bridgehead atoms. The molecule has 1 aliphatic heterocycles. The molecule has 82 valence electrons. The van der Waals surface area contributed by atoms with Gasteiger partial charge in [0.05, 0.1) is 5.56 Å². The van der Waals surface area contributed by atoms with Crippen molar-refractivity contribution in [1.29, 1.82) is 0 Å². The fourth-order valence-corrected chi connectivity index (χ4v) is 3.12. The fraction of sp³-hybridized carbons (Fsp3) is 0.300. The molecule has 1 aromatic carbocycles. The van der Waals surface area contributed by atoms with Gasteiger partial charge in [-0.2, -0.15) is 0 Å². The summed E-state index contributed by atoms with van der Waals surface area (Å²) in [6.07, 6.45) is 0. The lowest BCUT2D eigenvalue weighted by atomic mass is 10.2. The molecule has 1 amide bonds. The second-order valence-corrected chi connectivity index (χ2v) is 4.80. The molecule has 0 radical (unpaired) electrons. The second-order valence-electron chi connectivity index (χ2n) is 2.97. The normalized spacial score (nSPS) is 17.1. The highest BCUT2D eigenvalue weighted by molar-refractivity contribution is 7.90. The molecule has 4 nitrogen and oxygen atoms in total. The Morgan fingerprint density at radius 3 is 2.40 bits per heavy atom. The molecule has 0 aliphatic carbocycles. The predicted molar refractivity (Wildman–Crippen MR) is 57.1 cm³/mol. The van der Waals surface area contributed by atoms with Crippen LogP contribution >= 0.6 is 0 Å². The summed E-state index contributed by atoms with van der Waals surface area (Å²) in [5.74, 6) is -0.428. The number of carbonyl (C=O) groups excluding carboxylic acids is 1. The Morgan fingerprint density at radius 2 is 1.87 bits per heavy atom. The van der Waals surface area contributed by atoms with E-state index in [2.05, 4.69) is 0 Å². The molecule has 15 heavy (non-hydrogen) atoms. The van der Waals surface area contributed by atoms with Crippen molar-refractivity contribution in [3.05, 3.63) is 29.8 Å². The van der Waals surface area contributed by atoms with Crippen molar-refractivity contribution in [3.8, 4) is 0 Å². The van der Waals surface area contributed by atoms with Crippen LogP contribution < -0.4 is 0 Å². The summed E-state index contributed by atoms with van der Waals surface area (Å²) in [6.45, 7) is 1.82. The van der Waals surface area contributed by atoms with E-state index in [-0.39, 0.29) is 24.4 Å². The van der Waals surface area contributed by atoms with Crippen LogP contribution in [0.3, 0.4) is 0 Å². The second kappa shape index (κ2) is 3.66. The van der Waals surface area contributed by atoms with Gasteiger partial charge in [0.15, 0.2) is 0 Å². The van der Waals surface area contributed by atoms with Crippen LogP contribution in [0.1, 0.15) is 24.7 Å². The third kappa shape index (κ3) is 1.43. The molecule has 0 spiro atoms. The van der Waals surface area contributed by atoms with Crippen molar-refractivity contribution in [3.63, 3.8) is 0 Å². The van der Waals surface area contributed by atoms with Crippen LogP contribution in [0.2, 0.25) is 0 Å². The van der Waals surface area contributed by atoms with E-state index >= 15 is 0 Å². The third-order valence-electron chi connectivity index (χ3n) is 2.20. The number of amides is 1. The molecule has 5 heteroatoms. The Bertz CT molecular complexity index is 493. The lowest BCUT2D eigenvalue weighted by Gasteiger charge is -2.10. The zero-order valence-electron chi connectivity index (χ0n) is 7.60. The number of benzene rings is 1. The molecule has 0 saturated heterocycles. The number of hydrogen-bond donors (Lipinski definition) is 0. The molecule has 0 fully saturated rings. The first-order valence-corrected chi connectivity index (χ1v) is 5.69. The van der Waals surface area contributed by atoms with E-state index in [1.54, 1.807) is 19.1 Å². The van der Waals surface area contributed by atoms with Crippen molar-refractivity contribution in [2.24, 2.45) is 0 Å². The number of carbonyl (C=O) groups is 1. The van der Waals surface area contributed by atoms with E-state index < -0.39 is 15.9 Å². The van der Waals surface area contributed by atoms with Gasteiger partial charge in [0.25, 0.3) is 15.9 Å². The van der Waals surface area contributed by atoms with Crippen molar-refractivity contribution in [1.82, 2.24) is 4.31 Å². The number of hydrogen-bond acceptors (Lipinski definition) is 3. The largest absolute Gasteiger partial charge is 0.268 e. The summed E-state index contributed by atoms with van der Waals surface area (Å²) in [6, 6.07) is 6.26. The van der Waals surface area contributed by atoms with Crippen LogP contribution in [0.5, 0.6) is 0 Å². The maximum atomic E-state index is 11.7. The lowest BCUT2D eigenvalue weighted by Crippen LogP contribution is -2.29. The number of rotatable bonds is 1. The van der Waals surface area contributed by atoms with Crippen LogP contribution in [-0.4, -0.2) is 25.2 Å². The highest BCUT2D eigenvalue weighted by atomic mass is 32.2. The Morgan fingerprint density at radius 1 is 1.27 bits per heavy atom. The molecule has 0 aromatic heterocycles. The first-order chi connectivity index (χ1) is 6.59. The van der Waals surface area contributed by atoms with Crippen LogP contribution in [0, 0.1) is 0 Å². The van der Waals surface area contributed by atoms with Gasteiger partial charge in [-0.3, -0.25) is 4.79 Å². The lowest BCUT2D eigenvalue weighted by molar-refractivity contribution is 0.0876. The van der Waals surface area contributed by atoms with Gasteiger partial charge in [0.2, 0.25) is 0 Å². The topological polar surface area (TPSA) is 54.5 Å². The van der Waals surface area contributed by atoms with Gasteiger partial charge in [-0.15, -0.1) is 0 Å². The Kier molecular flexibility index (Phi) is 2.86. The molecule has 1 heterocycles. The molecule has 1 aromatic rings. The monoisotopic (exact) mass is 227 g/mol. The smallest absolute Gasteiger partial charge is 0.268 e. The zero-order chi connectivity index (χ0) is 10.3. The van der Waals surface area contributed by atoms with Gasteiger partial charge < -0.3 is 0 Å². The van der Waals surface area contributed by atoms with E-state index in [9.17, 15) is 13.2 Å². The molecule has 1 aliphatic rings. The standard InChI is InChI=1S/C9H9NO3S.CH4/c1-2-10-9(11)7-5-3-4-6-8(7)14(10,12)13;/h3-6H,2H2,1H3;1H4. The summed E-state index contributed by atoms with van der Waals surface area (Å²) in [4.78, 5) is 11.7. The highest BCUT2D eigenvalue weighted by Crippen LogP contribution is 2.29. The van der Waals surface area contributed by atoms with E-state index in [1.807, 2.05) is 0 Å². The highest BCUT2D eigenvalue weighted by Gasteiger charge is 2.39. The maximum Gasteiger partial charge on any atom is 0.268 e. The molecule has 0 atom stereocenters. The minimum absolute atomic E-state index is 0. The summed E-state index contributed by atoms with van der Waals surface area (Å²) in [7, 11) is -3.56. The summed E-state index contributed by atoms with van der Waals surface area (Å²) >= 11 is 0. The van der Waals surface area contributed by atoms with E-state index in [0.717, 1.165) is 4.31 Å². The number of fused-ring (bicyclic) bond motifs is 1. The first kappa shape index (κ1) is 11.7. The molecule has 0 unspecified atom stereocenters. The quantitative estimate of drug-likeness (QED) is 0.730. The minimum atomic E-state index is -3.56. The third-order valence-corrected chi connectivity index (χ3v) is 4.12. The van der Waals surface area contributed by atoms with Crippen molar-refractivity contribution in [2.75, 3.05) is 6.54 Å². The maximum absolute atomic E-state index is 11.7. The fourth-order valence-electron chi connectivity index (χ4n) is 1.54. The Balaban J connectivity index is 0.00000112. The SMILES string of the molecule is C.CCN1C(=O)c2ccccc2S1(=O)=O. The molecule has 2 rings (SSSR count).